The van der Waals surface area contributed by atoms with Crippen LogP contribution in [0.3, 0.4) is 0 Å². The van der Waals surface area contributed by atoms with E-state index < -0.39 is 5.97 Å². The van der Waals surface area contributed by atoms with Gasteiger partial charge in [-0.15, -0.1) is 0 Å². The number of nitrogens with zero attached hydrogens (tertiary/aromatic N) is 1. The fraction of sp³-hybridized carbons (Fsp3) is 0.105. The second-order valence-corrected chi connectivity index (χ2v) is 5.16. The van der Waals surface area contributed by atoms with Crippen molar-refractivity contribution in [3.05, 3.63) is 77.7 Å². The van der Waals surface area contributed by atoms with Crippen molar-refractivity contribution in [2.45, 2.75) is 6.92 Å². The van der Waals surface area contributed by atoms with Gasteiger partial charge in [0, 0.05) is 11.1 Å². The van der Waals surface area contributed by atoms with Crippen LogP contribution in [0.5, 0.6) is 0 Å². The zero-order valence-corrected chi connectivity index (χ0v) is 13.1. The highest BCUT2D eigenvalue weighted by atomic mass is 16.5. The summed E-state index contributed by atoms with van der Waals surface area (Å²) < 4.78 is 10.6. The Morgan fingerprint density at radius 2 is 1.62 bits per heavy atom. The molecule has 0 N–H and O–H groups in total. The van der Waals surface area contributed by atoms with E-state index in [-0.39, 0.29) is 18.1 Å². The summed E-state index contributed by atoms with van der Waals surface area (Å²) in [5, 5.41) is 0. The Morgan fingerprint density at radius 3 is 2.29 bits per heavy atom. The molecule has 0 fully saturated rings. The van der Waals surface area contributed by atoms with Crippen molar-refractivity contribution in [3.63, 3.8) is 0 Å². The molecule has 0 saturated carbocycles. The standard InChI is InChI=1S/C19H15NO4/c1-13-17(20-18(24-13)15-10-6-3-7-11-15)19(22)23-12-16(21)14-8-4-2-5-9-14/h2-11H,12H2,1H3. The Hall–Kier alpha value is -3.21. The molecule has 3 aromatic rings. The molecule has 0 aliphatic heterocycles. The molecule has 0 saturated heterocycles. The van der Waals surface area contributed by atoms with Gasteiger partial charge < -0.3 is 9.15 Å². The zero-order chi connectivity index (χ0) is 16.9. The summed E-state index contributed by atoms with van der Waals surface area (Å²) >= 11 is 0. The van der Waals surface area contributed by atoms with Gasteiger partial charge >= 0.3 is 5.97 Å². The minimum absolute atomic E-state index is 0.0784. The van der Waals surface area contributed by atoms with Gasteiger partial charge in [0.05, 0.1) is 0 Å². The zero-order valence-electron chi connectivity index (χ0n) is 13.1. The minimum Gasteiger partial charge on any atom is -0.452 e. The van der Waals surface area contributed by atoms with Gasteiger partial charge in [0.2, 0.25) is 5.89 Å². The van der Waals surface area contributed by atoms with Crippen molar-refractivity contribution in [1.29, 1.82) is 0 Å². The maximum atomic E-state index is 12.1. The first kappa shape index (κ1) is 15.7. The molecule has 0 unspecified atom stereocenters. The Morgan fingerprint density at radius 1 is 1.00 bits per heavy atom. The first-order chi connectivity index (χ1) is 11.6. The molecule has 0 atom stereocenters. The number of hydrogen-bond donors (Lipinski definition) is 0. The van der Waals surface area contributed by atoms with Crippen LogP contribution < -0.4 is 0 Å². The van der Waals surface area contributed by atoms with Gasteiger partial charge in [0.1, 0.15) is 5.76 Å². The fourth-order valence-electron chi connectivity index (χ4n) is 2.20. The number of ketones is 1. The van der Waals surface area contributed by atoms with Gasteiger partial charge in [-0.3, -0.25) is 4.79 Å². The number of carbonyl (C=O) groups is 2. The van der Waals surface area contributed by atoms with E-state index in [1.807, 2.05) is 36.4 Å². The van der Waals surface area contributed by atoms with Gasteiger partial charge in [-0.25, -0.2) is 9.78 Å². The topological polar surface area (TPSA) is 69.4 Å². The molecule has 24 heavy (non-hydrogen) atoms. The highest BCUT2D eigenvalue weighted by molar-refractivity contribution is 5.99. The first-order valence-corrected chi connectivity index (χ1v) is 7.43. The van der Waals surface area contributed by atoms with Crippen molar-refractivity contribution in [2.75, 3.05) is 6.61 Å². The average Bonchev–Trinajstić information content (AvgIpc) is 3.03. The van der Waals surface area contributed by atoms with Gasteiger partial charge in [-0.05, 0) is 19.1 Å². The lowest BCUT2D eigenvalue weighted by Gasteiger charge is -2.02. The number of esters is 1. The maximum Gasteiger partial charge on any atom is 0.361 e. The third kappa shape index (κ3) is 3.41. The first-order valence-electron chi connectivity index (χ1n) is 7.43. The molecule has 0 radical (unpaired) electrons. The average molecular weight is 321 g/mol. The largest absolute Gasteiger partial charge is 0.452 e. The Kier molecular flexibility index (Phi) is 4.52. The van der Waals surface area contributed by atoms with Crippen LogP contribution in [0.2, 0.25) is 0 Å². The van der Waals surface area contributed by atoms with Crippen LogP contribution in [0, 0.1) is 6.92 Å². The van der Waals surface area contributed by atoms with Crippen molar-refractivity contribution in [1.82, 2.24) is 4.98 Å². The summed E-state index contributed by atoms with van der Waals surface area (Å²) in [6.07, 6.45) is 0. The van der Waals surface area contributed by atoms with Crippen LogP contribution in [-0.4, -0.2) is 23.3 Å². The Balaban J connectivity index is 1.70. The molecule has 0 amide bonds. The predicted octanol–water partition coefficient (Wildman–Crippen LogP) is 3.69. The lowest BCUT2D eigenvalue weighted by atomic mass is 10.1. The quantitative estimate of drug-likeness (QED) is 0.529. The summed E-state index contributed by atoms with van der Waals surface area (Å²) in [4.78, 5) is 28.3. The van der Waals surface area contributed by atoms with Crippen LogP contribution in [0.4, 0.5) is 0 Å². The molecule has 0 aliphatic rings. The molecule has 1 heterocycles. The number of hydrogen-bond acceptors (Lipinski definition) is 5. The van der Waals surface area contributed by atoms with E-state index in [0.717, 1.165) is 5.56 Å². The number of aromatic nitrogens is 1. The van der Waals surface area contributed by atoms with Crippen LogP contribution in [0.15, 0.2) is 65.1 Å². The summed E-state index contributed by atoms with van der Waals surface area (Å²) in [7, 11) is 0. The van der Waals surface area contributed by atoms with E-state index in [1.54, 1.807) is 31.2 Å². The fourth-order valence-corrected chi connectivity index (χ4v) is 2.20. The van der Waals surface area contributed by atoms with Gasteiger partial charge in [-0.1, -0.05) is 48.5 Å². The SMILES string of the molecule is Cc1oc(-c2ccccc2)nc1C(=O)OCC(=O)c1ccccc1. The number of benzene rings is 2. The molecule has 3 rings (SSSR count). The third-order valence-corrected chi connectivity index (χ3v) is 3.44. The van der Waals surface area contributed by atoms with Gasteiger partial charge in [0.25, 0.3) is 0 Å². The molecule has 2 aromatic carbocycles. The number of Topliss-reactive ketones (excluding diaryl/α,β-unsaturated/α-hetero) is 1. The summed E-state index contributed by atoms with van der Waals surface area (Å²) in [6, 6.07) is 17.9. The monoisotopic (exact) mass is 321 g/mol. The van der Waals surface area contributed by atoms with Gasteiger partial charge in [-0.2, -0.15) is 0 Å². The van der Waals surface area contributed by atoms with Crippen LogP contribution in [0.1, 0.15) is 26.6 Å². The molecule has 120 valence electrons. The lowest BCUT2D eigenvalue weighted by molar-refractivity contribution is 0.0468. The lowest BCUT2D eigenvalue weighted by Crippen LogP contribution is -2.15. The Labute approximate surface area is 138 Å². The molecule has 0 spiro atoms. The Bertz CT molecular complexity index is 854. The third-order valence-electron chi connectivity index (χ3n) is 3.44. The number of ether oxygens (including phenoxy) is 1. The molecule has 0 aliphatic carbocycles. The minimum atomic E-state index is -0.678. The smallest absolute Gasteiger partial charge is 0.361 e. The van der Waals surface area contributed by atoms with Crippen molar-refractivity contribution < 1.29 is 18.7 Å². The molecule has 5 nitrogen and oxygen atoms in total. The molecule has 1 aromatic heterocycles. The second-order valence-electron chi connectivity index (χ2n) is 5.16. The molecular weight excluding hydrogens is 306 g/mol. The molecule has 0 bridgehead atoms. The van der Waals surface area contributed by atoms with E-state index in [9.17, 15) is 9.59 Å². The highest BCUT2D eigenvalue weighted by Gasteiger charge is 2.20. The number of carbonyl (C=O) groups excluding carboxylic acids is 2. The van der Waals surface area contributed by atoms with E-state index >= 15 is 0 Å². The van der Waals surface area contributed by atoms with E-state index in [2.05, 4.69) is 4.98 Å². The second kappa shape index (κ2) is 6.91. The number of aryl methyl sites for hydroxylation is 1. The maximum absolute atomic E-state index is 12.1. The highest BCUT2D eigenvalue weighted by Crippen LogP contribution is 2.21. The number of oxazole rings is 1. The summed E-state index contributed by atoms with van der Waals surface area (Å²) in [5.74, 6) is -0.253. The summed E-state index contributed by atoms with van der Waals surface area (Å²) in [5.41, 5.74) is 1.34. The van der Waals surface area contributed by atoms with E-state index in [0.29, 0.717) is 17.2 Å². The molecule has 5 heteroatoms. The normalized spacial score (nSPS) is 10.4. The van der Waals surface area contributed by atoms with Crippen LogP contribution in [0.25, 0.3) is 11.5 Å². The number of rotatable bonds is 5. The van der Waals surface area contributed by atoms with Crippen molar-refractivity contribution in [3.8, 4) is 11.5 Å². The van der Waals surface area contributed by atoms with E-state index in [4.69, 9.17) is 9.15 Å². The predicted molar refractivity (Wildman–Crippen MR) is 87.7 cm³/mol. The van der Waals surface area contributed by atoms with Crippen LogP contribution in [-0.2, 0) is 4.74 Å². The van der Waals surface area contributed by atoms with Crippen LogP contribution >= 0.6 is 0 Å². The molecular formula is C19H15NO4. The summed E-state index contributed by atoms with van der Waals surface area (Å²) in [6.45, 7) is 1.30. The van der Waals surface area contributed by atoms with Crippen molar-refractivity contribution >= 4 is 11.8 Å². The van der Waals surface area contributed by atoms with Gasteiger partial charge in [0.15, 0.2) is 18.1 Å². The van der Waals surface area contributed by atoms with E-state index in [1.165, 1.54) is 0 Å². The van der Waals surface area contributed by atoms with Crippen molar-refractivity contribution in [2.24, 2.45) is 0 Å².